The average Bonchev–Trinajstić information content (AvgIpc) is 3.13. The van der Waals surface area contributed by atoms with E-state index in [0.29, 0.717) is 11.8 Å². The molecular formula is C14H21NOS. The molecule has 17 heavy (non-hydrogen) atoms. The molecule has 2 rings (SSSR count). The molecule has 2 nitrogen and oxygen atoms in total. The van der Waals surface area contributed by atoms with Crippen LogP contribution >= 0.6 is 0 Å². The smallest absolute Gasteiger partial charge is 0.0486 e. The van der Waals surface area contributed by atoms with Crippen LogP contribution in [0.25, 0.3) is 0 Å². The summed E-state index contributed by atoms with van der Waals surface area (Å²) >= 11 is 0. The molecule has 1 aliphatic rings. The highest BCUT2D eigenvalue weighted by atomic mass is 32.2. The van der Waals surface area contributed by atoms with Crippen molar-refractivity contribution >= 4 is 10.8 Å². The van der Waals surface area contributed by atoms with Crippen molar-refractivity contribution in [2.75, 3.05) is 12.3 Å². The van der Waals surface area contributed by atoms with Crippen molar-refractivity contribution in [3.63, 3.8) is 0 Å². The Labute approximate surface area is 106 Å². The van der Waals surface area contributed by atoms with Crippen LogP contribution in [0.5, 0.6) is 0 Å². The zero-order valence-electron chi connectivity index (χ0n) is 10.4. The van der Waals surface area contributed by atoms with E-state index in [4.69, 9.17) is 0 Å². The standard InChI is InChI=1S/C14H21NOS/c1-2-15-14(13-8-9-13)11-17(16)10-12-6-4-3-5-7-12/h3-7,13-15H,2,8-11H2,1H3. The monoisotopic (exact) mass is 251 g/mol. The van der Waals surface area contributed by atoms with Gasteiger partial charge in [0, 0.05) is 28.3 Å². The normalized spacial score (nSPS) is 18.9. The summed E-state index contributed by atoms with van der Waals surface area (Å²) in [7, 11) is -0.746. The molecule has 0 heterocycles. The summed E-state index contributed by atoms with van der Waals surface area (Å²) in [5.41, 5.74) is 1.18. The van der Waals surface area contributed by atoms with Crippen molar-refractivity contribution in [1.29, 1.82) is 0 Å². The lowest BCUT2D eigenvalue weighted by atomic mass is 10.2. The topological polar surface area (TPSA) is 29.1 Å². The molecule has 1 aliphatic carbocycles. The minimum Gasteiger partial charge on any atom is -0.313 e. The Kier molecular flexibility index (Phi) is 4.75. The van der Waals surface area contributed by atoms with Crippen molar-refractivity contribution in [3.8, 4) is 0 Å². The van der Waals surface area contributed by atoms with E-state index in [0.717, 1.165) is 18.2 Å². The predicted molar refractivity (Wildman–Crippen MR) is 73.3 cm³/mol. The van der Waals surface area contributed by atoms with Crippen LogP contribution in [0, 0.1) is 5.92 Å². The molecule has 3 heteroatoms. The number of nitrogens with one attached hydrogen (secondary N) is 1. The van der Waals surface area contributed by atoms with Gasteiger partial charge in [-0.1, -0.05) is 37.3 Å². The van der Waals surface area contributed by atoms with Gasteiger partial charge in [-0.05, 0) is 30.9 Å². The SMILES string of the molecule is CCNC(CS(=O)Cc1ccccc1)C1CC1. The maximum Gasteiger partial charge on any atom is 0.0486 e. The number of hydrogen-bond donors (Lipinski definition) is 1. The second-order valence-corrected chi connectivity index (χ2v) is 6.24. The minimum atomic E-state index is -0.746. The first-order valence-corrected chi connectivity index (χ1v) is 7.90. The fourth-order valence-electron chi connectivity index (χ4n) is 2.14. The Morgan fingerprint density at radius 3 is 2.65 bits per heavy atom. The van der Waals surface area contributed by atoms with E-state index in [1.165, 1.54) is 18.4 Å². The van der Waals surface area contributed by atoms with Crippen molar-refractivity contribution in [3.05, 3.63) is 35.9 Å². The van der Waals surface area contributed by atoms with Crippen LogP contribution in [0.2, 0.25) is 0 Å². The lowest BCUT2D eigenvalue weighted by Crippen LogP contribution is -2.36. The van der Waals surface area contributed by atoms with Crippen molar-refractivity contribution < 1.29 is 4.21 Å². The zero-order valence-corrected chi connectivity index (χ0v) is 11.2. The molecule has 0 aliphatic heterocycles. The van der Waals surface area contributed by atoms with Gasteiger partial charge in [0.1, 0.15) is 0 Å². The maximum absolute atomic E-state index is 12.1. The third-order valence-electron chi connectivity index (χ3n) is 3.19. The summed E-state index contributed by atoms with van der Waals surface area (Å²) in [5.74, 6) is 2.26. The molecule has 0 bridgehead atoms. The van der Waals surface area contributed by atoms with E-state index in [1.807, 2.05) is 18.2 Å². The second kappa shape index (κ2) is 6.31. The highest BCUT2D eigenvalue weighted by Gasteiger charge is 2.31. The lowest BCUT2D eigenvalue weighted by Gasteiger charge is -2.16. The summed E-state index contributed by atoms with van der Waals surface area (Å²) in [5, 5.41) is 3.47. The van der Waals surface area contributed by atoms with Gasteiger partial charge in [0.05, 0.1) is 0 Å². The highest BCUT2D eigenvalue weighted by Crippen LogP contribution is 2.33. The molecule has 0 spiro atoms. The van der Waals surface area contributed by atoms with Gasteiger partial charge < -0.3 is 5.32 Å². The van der Waals surface area contributed by atoms with Crippen LogP contribution < -0.4 is 5.32 Å². The number of benzene rings is 1. The van der Waals surface area contributed by atoms with Gasteiger partial charge in [0.2, 0.25) is 0 Å². The highest BCUT2D eigenvalue weighted by molar-refractivity contribution is 7.84. The summed E-state index contributed by atoms with van der Waals surface area (Å²) in [6, 6.07) is 10.6. The molecule has 0 radical (unpaired) electrons. The molecule has 2 unspecified atom stereocenters. The fraction of sp³-hybridized carbons (Fsp3) is 0.571. The zero-order chi connectivity index (χ0) is 12.1. The van der Waals surface area contributed by atoms with Crippen LogP contribution in [0.15, 0.2) is 30.3 Å². The van der Waals surface area contributed by atoms with Crippen molar-refractivity contribution in [2.45, 2.75) is 31.6 Å². The molecule has 1 fully saturated rings. The molecule has 94 valence electrons. The largest absolute Gasteiger partial charge is 0.313 e. The lowest BCUT2D eigenvalue weighted by molar-refractivity contribution is 0.514. The van der Waals surface area contributed by atoms with Crippen LogP contribution in [0.4, 0.5) is 0 Å². The first-order valence-electron chi connectivity index (χ1n) is 6.42. The summed E-state index contributed by atoms with van der Waals surface area (Å²) in [4.78, 5) is 0. The van der Waals surface area contributed by atoms with E-state index in [1.54, 1.807) is 0 Å². The van der Waals surface area contributed by atoms with Gasteiger partial charge in [0.15, 0.2) is 0 Å². The van der Waals surface area contributed by atoms with E-state index in [-0.39, 0.29) is 0 Å². The Morgan fingerprint density at radius 2 is 2.06 bits per heavy atom. The molecule has 0 amide bonds. The first kappa shape index (κ1) is 12.8. The molecule has 1 N–H and O–H groups in total. The van der Waals surface area contributed by atoms with Crippen LogP contribution in [-0.2, 0) is 16.6 Å². The molecule has 2 atom stereocenters. The van der Waals surface area contributed by atoms with Gasteiger partial charge in [-0.3, -0.25) is 4.21 Å². The third-order valence-corrected chi connectivity index (χ3v) is 4.58. The van der Waals surface area contributed by atoms with Gasteiger partial charge in [-0.25, -0.2) is 0 Å². The first-order chi connectivity index (χ1) is 8.29. The minimum absolute atomic E-state index is 0.463. The fourth-order valence-corrected chi connectivity index (χ4v) is 3.61. The Bertz CT molecular complexity index is 362. The molecule has 1 aromatic carbocycles. The van der Waals surface area contributed by atoms with E-state index in [2.05, 4.69) is 24.4 Å². The number of hydrogen-bond acceptors (Lipinski definition) is 2. The van der Waals surface area contributed by atoms with E-state index >= 15 is 0 Å². The molecule has 0 aromatic heterocycles. The van der Waals surface area contributed by atoms with Gasteiger partial charge >= 0.3 is 0 Å². The second-order valence-electron chi connectivity index (χ2n) is 4.74. The summed E-state index contributed by atoms with van der Waals surface area (Å²) in [6.45, 7) is 3.10. The van der Waals surface area contributed by atoms with Gasteiger partial charge in [-0.2, -0.15) is 0 Å². The van der Waals surface area contributed by atoms with Gasteiger partial charge in [0.25, 0.3) is 0 Å². The Balaban J connectivity index is 1.83. The molecular weight excluding hydrogens is 230 g/mol. The summed E-state index contributed by atoms with van der Waals surface area (Å²) in [6.07, 6.45) is 2.61. The molecule has 1 aromatic rings. The van der Waals surface area contributed by atoms with Crippen LogP contribution in [0.3, 0.4) is 0 Å². The van der Waals surface area contributed by atoms with Crippen LogP contribution in [-0.4, -0.2) is 22.5 Å². The van der Waals surface area contributed by atoms with Crippen molar-refractivity contribution in [2.24, 2.45) is 5.92 Å². The summed E-state index contributed by atoms with van der Waals surface area (Å²) < 4.78 is 12.1. The predicted octanol–water partition coefficient (Wildman–Crippen LogP) is 2.32. The third kappa shape index (κ3) is 4.25. The number of rotatable bonds is 7. The van der Waals surface area contributed by atoms with Gasteiger partial charge in [-0.15, -0.1) is 0 Å². The Hall–Kier alpha value is -0.670. The quantitative estimate of drug-likeness (QED) is 0.806. The molecule has 0 saturated heterocycles. The Morgan fingerprint density at radius 1 is 1.35 bits per heavy atom. The average molecular weight is 251 g/mol. The maximum atomic E-state index is 12.1. The molecule has 1 saturated carbocycles. The van der Waals surface area contributed by atoms with E-state index < -0.39 is 10.8 Å². The van der Waals surface area contributed by atoms with E-state index in [9.17, 15) is 4.21 Å². The van der Waals surface area contributed by atoms with Crippen molar-refractivity contribution in [1.82, 2.24) is 5.32 Å². The van der Waals surface area contributed by atoms with Crippen LogP contribution in [0.1, 0.15) is 25.3 Å².